The molecule has 0 saturated carbocycles. The highest BCUT2D eigenvalue weighted by Gasteiger charge is 2.27. The zero-order valence-corrected chi connectivity index (χ0v) is 10.6. The normalized spacial score (nSPS) is 24.4. The standard InChI is InChI=1S/C12H26N2O/c1-10(2)7-11(13)8-14-5-6-15-12(3,4)9-14/h10-11H,5-9,13H2,1-4H3. The molecule has 90 valence electrons. The fourth-order valence-electron chi connectivity index (χ4n) is 2.28. The molecule has 2 N–H and O–H groups in total. The molecule has 0 amide bonds. The van der Waals surface area contributed by atoms with Crippen LogP contribution in [0.4, 0.5) is 0 Å². The predicted molar refractivity (Wildman–Crippen MR) is 63.9 cm³/mol. The van der Waals surface area contributed by atoms with Gasteiger partial charge in [0.15, 0.2) is 0 Å². The van der Waals surface area contributed by atoms with E-state index < -0.39 is 0 Å². The summed E-state index contributed by atoms with van der Waals surface area (Å²) >= 11 is 0. The molecule has 1 rings (SSSR count). The van der Waals surface area contributed by atoms with Gasteiger partial charge in [-0.05, 0) is 26.2 Å². The Bertz CT molecular complexity index is 192. The van der Waals surface area contributed by atoms with E-state index in [1.165, 1.54) is 0 Å². The van der Waals surface area contributed by atoms with Crippen molar-refractivity contribution < 1.29 is 4.74 Å². The van der Waals surface area contributed by atoms with Crippen molar-refractivity contribution >= 4 is 0 Å². The lowest BCUT2D eigenvalue weighted by atomic mass is 10.0. The first-order chi connectivity index (χ1) is 6.89. The van der Waals surface area contributed by atoms with Crippen LogP contribution >= 0.6 is 0 Å². The number of nitrogens with zero attached hydrogens (tertiary/aromatic N) is 1. The van der Waals surface area contributed by atoms with E-state index in [0.29, 0.717) is 12.0 Å². The van der Waals surface area contributed by atoms with Crippen LogP contribution in [0.5, 0.6) is 0 Å². The lowest BCUT2D eigenvalue weighted by Gasteiger charge is -2.39. The topological polar surface area (TPSA) is 38.5 Å². The monoisotopic (exact) mass is 214 g/mol. The van der Waals surface area contributed by atoms with Gasteiger partial charge in [-0.1, -0.05) is 13.8 Å². The van der Waals surface area contributed by atoms with Gasteiger partial charge in [-0.25, -0.2) is 0 Å². The molecule has 1 unspecified atom stereocenters. The summed E-state index contributed by atoms with van der Waals surface area (Å²) in [7, 11) is 0. The first kappa shape index (κ1) is 12.9. The van der Waals surface area contributed by atoms with Gasteiger partial charge in [-0.2, -0.15) is 0 Å². The Morgan fingerprint density at radius 3 is 2.60 bits per heavy atom. The van der Waals surface area contributed by atoms with Crippen molar-refractivity contribution in [1.82, 2.24) is 4.90 Å². The Morgan fingerprint density at radius 2 is 2.07 bits per heavy atom. The second-order valence-corrected chi connectivity index (χ2v) is 5.73. The van der Waals surface area contributed by atoms with Crippen LogP contribution in [-0.2, 0) is 4.74 Å². The van der Waals surface area contributed by atoms with Crippen molar-refractivity contribution in [2.24, 2.45) is 11.7 Å². The predicted octanol–water partition coefficient (Wildman–Crippen LogP) is 1.47. The van der Waals surface area contributed by atoms with Crippen LogP contribution in [0.2, 0.25) is 0 Å². The van der Waals surface area contributed by atoms with Gasteiger partial charge in [0.2, 0.25) is 0 Å². The van der Waals surface area contributed by atoms with Crippen molar-refractivity contribution in [2.45, 2.75) is 45.8 Å². The van der Waals surface area contributed by atoms with Gasteiger partial charge in [-0.3, -0.25) is 4.90 Å². The van der Waals surface area contributed by atoms with Gasteiger partial charge in [0, 0.05) is 25.7 Å². The summed E-state index contributed by atoms with van der Waals surface area (Å²) in [6.07, 6.45) is 1.11. The number of morpholine rings is 1. The van der Waals surface area contributed by atoms with Crippen LogP contribution in [-0.4, -0.2) is 42.8 Å². The number of rotatable bonds is 4. The fourth-order valence-corrected chi connectivity index (χ4v) is 2.28. The number of hydrogen-bond acceptors (Lipinski definition) is 3. The zero-order valence-electron chi connectivity index (χ0n) is 10.6. The minimum absolute atomic E-state index is 0.00417. The second-order valence-electron chi connectivity index (χ2n) is 5.73. The average molecular weight is 214 g/mol. The van der Waals surface area contributed by atoms with Crippen LogP contribution in [0.15, 0.2) is 0 Å². The molecule has 0 bridgehead atoms. The molecular formula is C12H26N2O. The van der Waals surface area contributed by atoms with E-state index in [1.54, 1.807) is 0 Å². The van der Waals surface area contributed by atoms with Gasteiger partial charge in [0.05, 0.1) is 12.2 Å². The molecule has 3 nitrogen and oxygen atoms in total. The molecule has 15 heavy (non-hydrogen) atoms. The second kappa shape index (κ2) is 5.28. The maximum atomic E-state index is 6.11. The molecule has 0 aromatic rings. The van der Waals surface area contributed by atoms with Crippen LogP contribution in [0, 0.1) is 5.92 Å². The molecule has 0 aromatic heterocycles. The maximum absolute atomic E-state index is 6.11. The van der Waals surface area contributed by atoms with Crippen LogP contribution in [0.3, 0.4) is 0 Å². The SMILES string of the molecule is CC(C)CC(N)CN1CCOC(C)(C)C1. The third-order valence-corrected chi connectivity index (χ3v) is 2.77. The van der Waals surface area contributed by atoms with E-state index in [2.05, 4.69) is 32.6 Å². The Labute approximate surface area is 94.0 Å². The quantitative estimate of drug-likeness (QED) is 0.770. The molecule has 1 aliphatic heterocycles. The molecular weight excluding hydrogens is 188 g/mol. The van der Waals surface area contributed by atoms with Crippen molar-refractivity contribution in [3.8, 4) is 0 Å². The molecule has 1 heterocycles. The first-order valence-electron chi connectivity index (χ1n) is 6.01. The van der Waals surface area contributed by atoms with Gasteiger partial charge in [0.25, 0.3) is 0 Å². The molecule has 0 aromatic carbocycles. The molecule has 1 fully saturated rings. The van der Waals surface area contributed by atoms with Gasteiger partial charge < -0.3 is 10.5 Å². The van der Waals surface area contributed by atoms with Crippen LogP contribution in [0.25, 0.3) is 0 Å². The lowest BCUT2D eigenvalue weighted by molar-refractivity contribution is -0.0871. The Balaban J connectivity index is 2.31. The summed E-state index contributed by atoms with van der Waals surface area (Å²) in [5.74, 6) is 0.689. The Kier molecular flexibility index (Phi) is 4.56. The van der Waals surface area contributed by atoms with E-state index in [9.17, 15) is 0 Å². The highest BCUT2D eigenvalue weighted by molar-refractivity contribution is 4.81. The Morgan fingerprint density at radius 1 is 1.40 bits per heavy atom. The van der Waals surface area contributed by atoms with Crippen LogP contribution < -0.4 is 5.73 Å². The average Bonchev–Trinajstić information content (AvgIpc) is 1.99. The van der Waals surface area contributed by atoms with E-state index in [-0.39, 0.29) is 5.60 Å². The summed E-state index contributed by atoms with van der Waals surface area (Å²) in [6, 6.07) is 0.305. The molecule has 0 radical (unpaired) electrons. The van der Waals surface area contributed by atoms with E-state index in [4.69, 9.17) is 10.5 Å². The number of hydrogen-bond donors (Lipinski definition) is 1. The molecule has 0 spiro atoms. The lowest BCUT2D eigenvalue weighted by Crippen LogP contribution is -2.51. The Hall–Kier alpha value is -0.120. The summed E-state index contributed by atoms with van der Waals surface area (Å²) < 4.78 is 5.68. The van der Waals surface area contributed by atoms with E-state index >= 15 is 0 Å². The molecule has 3 heteroatoms. The number of nitrogens with two attached hydrogens (primary N) is 1. The fraction of sp³-hybridized carbons (Fsp3) is 1.00. The van der Waals surface area contributed by atoms with E-state index in [0.717, 1.165) is 32.7 Å². The summed E-state index contributed by atoms with van der Waals surface area (Å²) in [4.78, 5) is 2.43. The minimum atomic E-state index is -0.00417. The smallest absolute Gasteiger partial charge is 0.0753 e. The van der Waals surface area contributed by atoms with Crippen molar-refractivity contribution in [2.75, 3.05) is 26.2 Å². The summed E-state index contributed by atoms with van der Waals surface area (Å²) in [5.41, 5.74) is 6.11. The molecule has 1 saturated heterocycles. The van der Waals surface area contributed by atoms with Crippen molar-refractivity contribution in [1.29, 1.82) is 0 Å². The maximum Gasteiger partial charge on any atom is 0.0753 e. The van der Waals surface area contributed by atoms with E-state index in [1.807, 2.05) is 0 Å². The van der Waals surface area contributed by atoms with Crippen molar-refractivity contribution in [3.05, 3.63) is 0 Å². The third-order valence-electron chi connectivity index (χ3n) is 2.77. The van der Waals surface area contributed by atoms with Crippen LogP contribution in [0.1, 0.15) is 34.1 Å². The highest BCUT2D eigenvalue weighted by Crippen LogP contribution is 2.17. The first-order valence-corrected chi connectivity index (χ1v) is 6.01. The largest absolute Gasteiger partial charge is 0.373 e. The van der Waals surface area contributed by atoms with Gasteiger partial charge in [-0.15, -0.1) is 0 Å². The third kappa shape index (κ3) is 4.96. The summed E-state index contributed by atoms with van der Waals surface area (Å²) in [6.45, 7) is 12.6. The van der Waals surface area contributed by atoms with Gasteiger partial charge >= 0.3 is 0 Å². The zero-order chi connectivity index (χ0) is 11.5. The minimum Gasteiger partial charge on any atom is -0.373 e. The number of ether oxygens (including phenoxy) is 1. The molecule has 0 aliphatic carbocycles. The van der Waals surface area contributed by atoms with Gasteiger partial charge in [0.1, 0.15) is 0 Å². The highest BCUT2D eigenvalue weighted by atomic mass is 16.5. The van der Waals surface area contributed by atoms with Crippen molar-refractivity contribution in [3.63, 3.8) is 0 Å². The molecule has 1 atom stereocenters. The molecule has 1 aliphatic rings. The summed E-state index contributed by atoms with van der Waals surface area (Å²) in [5, 5.41) is 0.